The lowest BCUT2D eigenvalue weighted by atomic mass is 10.0. The molecule has 0 aromatic heterocycles. The van der Waals surface area contributed by atoms with Crippen molar-refractivity contribution in [2.24, 2.45) is 0 Å². The molecule has 1 unspecified atom stereocenters. The van der Waals surface area contributed by atoms with Crippen molar-refractivity contribution in [3.63, 3.8) is 0 Å². The summed E-state index contributed by atoms with van der Waals surface area (Å²) >= 11 is 0. The zero-order valence-corrected chi connectivity index (χ0v) is 16.0. The summed E-state index contributed by atoms with van der Waals surface area (Å²) in [6, 6.07) is 17.8. The van der Waals surface area contributed by atoms with Gasteiger partial charge in [-0.1, -0.05) is 42.5 Å². The summed E-state index contributed by atoms with van der Waals surface area (Å²) in [5.74, 6) is 0.772. The van der Waals surface area contributed by atoms with Gasteiger partial charge in [-0.2, -0.15) is 0 Å². The Hall–Kier alpha value is -3.05. The summed E-state index contributed by atoms with van der Waals surface area (Å²) in [7, 11) is 0. The lowest BCUT2D eigenvalue weighted by Crippen LogP contribution is -2.25. The van der Waals surface area contributed by atoms with Crippen LogP contribution in [0.5, 0.6) is 5.75 Å². The molecule has 1 aliphatic rings. The number of fused-ring (bicyclic) bond motifs is 1. The fourth-order valence-electron chi connectivity index (χ4n) is 3.66. The third-order valence-corrected chi connectivity index (χ3v) is 5.25. The molecule has 1 N–H and O–H groups in total. The molecule has 1 aliphatic heterocycles. The number of hydrogen-bond acceptors (Lipinski definition) is 4. The Kier molecular flexibility index (Phi) is 4.92. The van der Waals surface area contributed by atoms with E-state index < -0.39 is 12.2 Å². The van der Waals surface area contributed by atoms with E-state index >= 15 is 0 Å². The lowest BCUT2D eigenvalue weighted by Gasteiger charge is -2.18. The molecule has 1 fully saturated rings. The maximum Gasteiger partial charge on any atom is 0.414 e. The summed E-state index contributed by atoms with van der Waals surface area (Å²) in [6.07, 6.45) is -0.931. The number of aryl methyl sites for hydroxylation is 2. The quantitative estimate of drug-likeness (QED) is 0.718. The second-order valence-corrected chi connectivity index (χ2v) is 7.09. The average Bonchev–Trinajstić information content (AvgIpc) is 3.08. The lowest BCUT2D eigenvalue weighted by molar-refractivity contribution is 0.0963. The van der Waals surface area contributed by atoms with E-state index in [2.05, 4.69) is 26.0 Å². The Morgan fingerprint density at radius 2 is 1.75 bits per heavy atom. The van der Waals surface area contributed by atoms with Crippen molar-refractivity contribution in [2.45, 2.75) is 26.6 Å². The number of benzene rings is 3. The van der Waals surface area contributed by atoms with Gasteiger partial charge in [0.05, 0.1) is 18.8 Å². The van der Waals surface area contributed by atoms with E-state index in [1.165, 1.54) is 16.7 Å². The van der Waals surface area contributed by atoms with Gasteiger partial charge in [0.1, 0.15) is 18.5 Å². The normalized spacial score (nSPS) is 16.5. The fraction of sp³-hybridized carbons (Fsp3) is 0.261. The maximum atomic E-state index is 12.2. The molecule has 5 heteroatoms. The number of carbonyl (C=O) groups excluding carboxylic acids is 1. The van der Waals surface area contributed by atoms with Crippen LogP contribution in [-0.2, 0) is 11.3 Å². The van der Waals surface area contributed by atoms with Crippen LogP contribution in [0, 0.1) is 13.8 Å². The van der Waals surface area contributed by atoms with Crippen LogP contribution in [0.25, 0.3) is 10.8 Å². The van der Waals surface area contributed by atoms with Gasteiger partial charge in [0.25, 0.3) is 0 Å². The van der Waals surface area contributed by atoms with E-state index in [1.807, 2.05) is 42.5 Å². The van der Waals surface area contributed by atoms with E-state index in [1.54, 1.807) is 4.90 Å². The second kappa shape index (κ2) is 7.52. The topological polar surface area (TPSA) is 59.0 Å². The van der Waals surface area contributed by atoms with E-state index in [4.69, 9.17) is 9.47 Å². The maximum absolute atomic E-state index is 12.2. The minimum atomic E-state index is -0.494. The molecule has 0 spiro atoms. The number of carbonyl (C=O) groups is 1. The van der Waals surface area contributed by atoms with Crippen LogP contribution >= 0.6 is 0 Å². The van der Waals surface area contributed by atoms with E-state index in [0.717, 1.165) is 22.2 Å². The molecule has 0 bridgehead atoms. The van der Waals surface area contributed by atoms with Crippen molar-refractivity contribution in [3.8, 4) is 5.75 Å². The van der Waals surface area contributed by atoms with Gasteiger partial charge in [-0.05, 0) is 42.7 Å². The minimum Gasteiger partial charge on any atom is -0.488 e. The minimum absolute atomic E-state index is 0.183. The predicted octanol–water partition coefficient (Wildman–Crippen LogP) is 4.35. The van der Waals surface area contributed by atoms with Crippen molar-refractivity contribution in [3.05, 3.63) is 71.3 Å². The molecule has 0 radical (unpaired) electrons. The van der Waals surface area contributed by atoms with Gasteiger partial charge in [0, 0.05) is 10.8 Å². The van der Waals surface area contributed by atoms with Gasteiger partial charge < -0.3 is 14.6 Å². The SMILES string of the molecule is Cc1cccc(C)c1COc1ccc(N2CC(CO)OC2=O)c2ccccc12. The first-order valence-corrected chi connectivity index (χ1v) is 9.37. The summed E-state index contributed by atoms with van der Waals surface area (Å²) < 4.78 is 11.4. The Morgan fingerprint density at radius 3 is 2.43 bits per heavy atom. The molecule has 0 saturated carbocycles. The van der Waals surface area contributed by atoms with Gasteiger partial charge in [0.15, 0.2) is 0 Å². The first-order valence-electron chi connectivity index (χ1n) is 9.37. The molecule has 0 aliphatic carbocycles. The molecule has 5 nitrogen and oxygen atoms in total. The Balaban J connectivity index is 1.67. The number of anilines is 1. The van der Waals surface area contributed by atoms with Crippen LogP contribution in [-0.4, -0.2) is 30.5 Å². The zero-order valence-electron chi connectivity index (χ0n) is 16.0. The van der Waals surface area contributed by atoms with Crippen molar-refractivity contribution in [2.75, 3.05) is 18.1 Å². The molecule has 3 aromatic carbocycles. The van der Waals surface area contributed by atoms with Crippen molar-refractivity contribution < 1.29 is 19.4 Å². The molecule has 1 atom stereocenters. The molecular formula is C23H23NO4. The fourth-order valence-corrected chi connectivity index (χ4v) is 3.66. The van der Waals surface area contributed by atoms with E-state index in [-0.39, 0.29) is 6.61 Å². The highest BCUT2D eigenvalue weighted by molar-refractivity contribution is 6.04. The van der Waals surface area contributed by atoms with E-state index in [9.17, 15) is 9.90 Å². The second-order valence-electron chi connectivity index (χ2n) is 7.09. The van der Waals surface area contributed by atoms with Crippen LogP contribution in [0.1, 0.15) is 16.7 Å². The zero-order chi connectivity index (χ0) is 19.7. The molecule has 144 valence electrons. The van der Waals surface area contributed by atoms with Gasteiger partial charge in [-0.3, -0.25) is 4.90 Å². The Morgan fingerprint density at radius 1 is 1.04 bits per heavy atom. The number of hydrogen-bond donors (Lipinski definition) is 1. The average molecular weight is 377 g/mol. The number of ether oxygens (including phenoxy) is 2. The summed E-state index contributed by atoms with van der Waals surface area (Å²) in [4.78, 5) is 13.8. The number of aliphatic hydroxyl groups is 1. The molecule has 3 aromatic rings. The van der Waals surface area contributed by atoms with Crippen LogP contribution in [0.2, 0.25) is 0 Å². The number of aliphatic hydroxyl groups excluding tert-OH is 1. The highest BCUT2D eigenvalue weighted by Gasteiger charge is 2.32. The van der Waals surface area contributed by atoms with Crippen molar-refractivity contribution in [1.29, 1.82) is 0 Å². The molecule has 1 heterocycles. The summed E-state index contributed by atoms with van der Waals surface area (Å²) in [6.45, 7) is 4.81. The molecule has 1 saturated heterocycles. The largest absolute Gasteiger partial charge is 0.488 e. The third-order valence-electron chi connectivity index (χ3n) is 5.25. The summed E-state index contributed by atoms with van der Waals surface area (Å²) in [5.41, 5.74) is 4.35. The number of cyclic esters (lactones) is 1. The standard InChI is InChI=1S/C23H23NO4/c1-15-6-5-7-16(2)20(15)14-27-22-11-10-21(18-8-3-4-9-19(18)22)24-12-17(13-25)28-23(24)26/h3-11,17,25H,12-14H2,1-2H3. The molecule has 4 rings (SSSR count). The van der Waals surface area contributed by atoms with Gasteiger partial charge >= 0.3 is 6.09 Å². The number of amides is 1. The van der Waals surface area contributed by atoms with Gasteiger partial charge in [-0.15, -0.1) is 0 Å². The molecule has 1 amide bonds. The Bertz CT molecular complexity index is 1010. The van der Waals surface area contributed by atoms with E-state index in [0.29, 0.717) is 13.2 Å². The first kappa shape index (κ1) is 18.3. The highest BCUT2D eigenvalue weighted by Crippen LogP contribution is 2.36. The highest BCUT2D eigenvalue weighted by atomic mass is 16.6. The van der Waals surface area contributed by atoms with Crippen LogP contribution < -0.4 is 9.64 Å². The monoisotopic (exact) mass is 377 g/mol. The smallest absolute Gasteiger partial charge is 0.414 e. The molecule has 28 heavy (non-hydrogen) atoms. The van der Waals surface area contributed by atoms with Gasteiger partial charge in [0.2, 0.25) is 0 Å². The summed E-state index contributed by atoms with van der Waals surface area (Å²) in [5, 5.41) is 11.2. The Labute approximate surface area is 164 Å². The molecular weight excluding hydrogens is 354 g/mol. The van der Waals surface area contributed by atoms with Crippen molar-refractivity contribution in [1.82, 2.24) is 0 Å². The predicted molar refractivity (Wildman–Crippen MR) is 109 cm³/mol. The van der Waals surface area contributed by atoms with Crippen LogP contribution in [0.3, 0.4) is 0 Å². The van der Waals surface area contributed by atoms with Crippen LogP contribution in [0.4, 0.5) is 10.5 Å². The number of nitrogens with zero attached hydrogens (tertiary/aromatic N) is 1. The van der Waals surface area contributed by atoms with Crippen LogP contribution in [0.15, 0.2) is 54.6 Å². The van der Waals surface area contributed by atoms with Crippen molar-refractivity contribution >= 4 is 22.6 Å². The first-order chi connectivity index (χ1) is 13.6. The third kappa shape index (κ3) is 3.29. The number of rotatable bonds is 5. The van der Waals surface area contributed by atoms with Gasteiger partial charge in [-0.25, -0.2) is 4.79 Å².